The summed E-state index contributed by atoms with van der Waals surface area (Å²) in [5.74, 6) is 0.681. The third-order valence-electron chi connectivity index (χ3n) is 7.45. The zero-order valence-corrected chi connectivity index (χ0v) is 22.7. The fraction of sp³-hybridized carbons (Fsp3) is 0.448. The predicted molar refractivity (Wildman–Crippen MR) is 151 cm³/mol. The Morgan fingerprint density at radius 3 is 2.55 bits per heavy atom. The molecular weight excluding hydrogens is 502 g/mol. The topological polar surface area (TPSA) is 80.7 Å². The van der Waals surface area contributed by atoms with Crippen molar-refractivity contribution in [2.24, 2.45) is 7.05 Å². The van der Waals surface area contributed by atoms with Crippen LogP contribution in [0.4, 0.5) is 11.4 Å². The molecule has 0 unspecified atom stereocenters. The number of hydrogen-bond donors (Lipinski definition) is 2. The summed E-state index contributed by atoms with van der Waals surface area (Å²) >= 11 is 6.54. The average molecular weight is 538 g/mol. The summed E-state index contributed by atoms with van der Waals surface area (Å²) in [6.07, 6.45) is 6.37. The Morgan fingerprint density at radius 2 is 1.84 bits per heavy atom. The van der Waals surface area contributed by atoms with Crippen LogP contribution in [0, 0.1) is 0 Å². The van der Waals surface area contributed by atoms with Crippen molar-refractivity contribution in [3.05, 3.63) is 59.8 Å². The number of nitrogens with zero attached hydrogens (tertiary/aromatic N) is 3. The van der Waals surface area contributed by atoms with Crippen LogP contribution < -0.4 is 15.4 Å². The molecule has 9 heteroatoms. The number of halogens is 1. The summed E-state index contributed by atoms with van der Waals surface area (Å²) in [5.41, 5.74) is 2.54. The van der Waals surface area contributed by atoms with Crippen molar-refractivity contribution in [3.8, 4) is 17.0 Å². The number of ether oxygens (including phenoxy) is 2. The lowest BCUT2D eigenvalue weighted by Gasteiger charge is -2.37. The second-order valence-corrected chi connectivity index (χ2v) is 10.5. The van der Waals surface area contributed by atoms with Crippen molar-refractivity contribution in [2.45, 2.75) is 37.6 Å². The van der Waals surface area contributed by atoms with E-state index in [4.69, 9.17) is 21.1 Å². The van der Waals surface area contributed by atoms with Crippen molar-refractivity contribution in [2.75, 3.05) is 50.1 Å². The van der Waals surface area contributed by atoms with Crippen molar-refractivity contribution >= 4 is 28.9 Å². The van der Waals surface area contributed by atoms with Gasteiger partial charge in [-0.25, -0.2) is 0 Å². The first-order valence-electron chi connectivity index (χ1n) is 13.4. The molecule has 8 nitrogen and oxygen atoms in total. The number of carbonyl (C=O) groups is 1. The molecule has 1 saturated heterocycles. The van der Waals surface area contributed by atoms with Crippen molar-refractivity contribution < 1.29 is 14.3 Å². The van der Waals surface area contributed by atoms with Crippen LogP contribution in [0.2, 0.25) is 5.02 Å². The van der Waals surface area contributed by atoms with Gasteiger partial charge in [0.05, 0.1) is 30.1 Å². The van der Waals surface area contributed by atoms with Gasteiger partial charge < -0.3 is 20.1 Å². The lowest BCUT2D eigenvalue weighted by molar-refractivity contribution is -0.121. The normalized spacial score (nSPS) is 17.6. The minimum atomic E-state index is -0.655. The number of para-hydroxylation sites is 1. The summed E-state index contributed by atoms with van der Waals surface area (Å²) in [6.45, 7) is 4.68. The lowest BCUT2D eigenvalue weighted by atomic mass is 9.80. The molecular formula is C29H36ClN5O3. The summed E-state index contributed by atoms with van der Waals surface area (Å²) in [6, 6.07) is 15.7. The first-order valence-corrected chi connectivity index (χ1v) is 13.8. The van der Waals surface area contributed by atoms with E-state index < -0.39 is 5.54 Å². The van der Waals surface area contributed by atoms with Crippen LogP contribution in [0.1, 0.15) is 32.1 Å². The maximum atomic E-state index is 13.8. The molecule has 0 spiro atoms. The van der Waals surface area contributed by atoms with Gasteiger partial charge in [-0.2, -0.15) is 5.10 Å². The third-order valence-corrected chi connectivity index (χ3v) is 7.73. The zero-order chi connectivity index (χ0) is 26.4. The smallest absolute Gasteiger partial charge is 0.250 e. The van der Waals surface area contributed by atoms with Crippen molar-refractivity contribution in [3.63, 3.8) is 0 Å². The molecule has 202 valence electrons. The number of morpholine rings is 1. The van der Waals surface area contributed by atoms with Gasteiger partial charge in [0.15, 0.2) is 0 Å². The van der Waals surface area contributed by atoms with Crippen LogP contribution >= 0.6 is 11.6 Å². The molecule has 2 aromatic carbocycles. The molecule has 5 rings (SSSR count). The van der Waals surface area contributed by atoms with Gasteiger partial charge in [-0.1, -0.05) is 49.1 Å². The molecule has 0 bridgehead atoms. The molecule has 2 heterocycles. The standard InChI is InChI=1S/C29H36ClN5O3/c1-34-27(25(30)21-31-34)24-20-23(10-11-26(24)38-19-16-35-14-17-37-18-15-35)32-28(36)29(12-6-3-7-13-29)33-22-8-4-2-5-9-22/h2,4-5,8-11,20-21,33H,3,6-7,12-19H2,1H3,(H,32,36). The highest BCUT2D eigenvalue weighted by atomic mass is 35.5. The van der Waals surface area contributed by atoms with Crippen LogP contribution in [0.5, 0.6) is 5.75 Å². The largest absolute Gasteiger partial charge is 0.492 e. The first-order chi connectivity index (χ1) is 18.5. The monoisotopic (exact) mass is 537 g/mol. The summed E-state index contributed by atoms with van der Waals surface area (Å²) in [7, 11) is 1.85. The summed E-state index contributed by atoms with van der Waals surface area (Å²) in [5, 5.41) is 11.6. The Labute approximate surface area is 229 Å². The van der Waals surface area contributed by atoms with E-state index in [0.717, 1.165) is 81.9 Å². The van der Waals surface area contributed by atoms with Gasteiger partial charge in [-0.15, -0.1) is 0 Å². The van der Waals surface area contributed by atoms with Gasteiger partial charge in [0.1, 0.15) is 17.9 Å². The van der Waals surface area contributed by atoms with Crippen molar-refractivity contribution in [1.29, 1.82) is 0 Å². The highest BCUT2D eigenvalue weighted by Gasteiger charge is 2.39. The number of anilines is 2. The highest BCUT2D eigenvalue weighted by Crippen LogP contribution is 2.38. The second-order valence-electron chi connectivity index (χ2n) is 10.1. The fourth-order valence-corrected chi connectivity index (χ4v) is 5.62. The SMILES string of the molecule is Cn1ncc(Cl)c1-c1cc(NC(=O)C2(Nc3ccccc3)CCCCC2)ccc1OCCN1CCOCC1. The number of hydrogen-bond acceptors (Lipinski definition) is 6. The highest BCUT2D eigenvalue weighted by molar-refractivity contribution is 6.33. The quantitative estimate of drug-likeness (QED) is 0.390. The molecule has 2 fully saturated rings. The molecule has 3 aromatic rings. The number of aromatic nitrogens is 2. The third kappa shape index (κ3) is 6.14. The second kappa shape index (κ2) is 12.2. The number of amides is 1. The van der Waals surface area contributed by atoms with Crippen LogP contribution in [0.25, 0.3) is 11.3 Å². The number of benzene rings is 2. The zero-order valence-electron chi connectivity index (χ0n) is 21.9. The molecule has 1 aliphatic carbocycles. The van der Waals surface area contributed by atoms with Gasteiger partial charge in [0.25, 0.3) is 0 Å². The Bertz CT molecular complexity index is 1200. The molecule has 1 amide bonds. The maximum Gasteiger partial charge on any atom is 0.250 e. The molecule has 2 N–H and O–H groups in total. The first kappa shape index (κ1) is 26.5. The van der Waals surface area contributed by atoms with E-state index in [1.807, 2.05) is 55.6 Å². The Hall–Kier alpha value is -3.07. The van der Waals surface area contributed by atoms with Crippen LogP contribution in [0.15, 0.2) is 54.7 Å². The van der Waals surface area contributed by atoms with E-state index in [0.29, 0.717) is 23.1 Å². The molecule has 1 saturated carbocycles. The van der Waals surface area contributed by atoms with Gasteiger partial charge in [-0.3, -0.25) is 14.4 Å². The Morgan fingerprint density at radius 1 is 1.08 bits per heavy atom. The number of nitrogens with one attached hydrogen (secondary N) is 2. The predicted octanol–water partition coefficient (Wildman–Crippen LogP) is 5.21. The van der Waals surface area contributed by atoms with Crippen LogP contribution in [-0.2, 0) is 16.6 Å². The minimum absolute atomic E-state index is 0.0240. The number of carbonyl (C=O) groups excluding carboxylic acids is 1. The van der Waals surface area contributed by atoms with E-state index in [9.17, 15) is 4.79 Å². The lowest BCUT2D eigenvalue weighted by Crippen LogP contribution is -2.51. The van der Waals surface area contributed by atoms with Gasteiger partial charge in [0.2, 0.25) is 5.91 Å². The molecule has 0 radical (unpaired) electrons. The van der Waals surface area contributed by atoms with Gasteiger partial charge >= 0.3 is 0 Å². The van der Waals surface area contributed by atoms with E-state index in [1.54, 1.807) is 10.9 Å². The van der Waals surface area contributed by atoms with Crippen molar-refractivity contribution in [1.82, 2.24) is 14.7 Å². The van der Waals surface area contributed by atoms with E-state index in [-0.39, 0.29) is 5.91 Å². The Balaban J connectivity index is 1.37. The number of aryl methyl sites for hydroxylation is 1. The van der Waals surface area contributed by atoms with Crippen LogP contribution in [-0.4, -0.2) is 65.6 Å². The van der Waals surface area contributed by atoms with E-state index in [1.165, 1.54) is 0 Å². The molecule has 38 heavy (non-hydrogen) atoms. The molecule has 2 aliphatic rings. The summed E-state index contributed by atoms with van der Waals surface area (Å²) < 4.78 is 13.4. The number of rotatable bonds is 9. The molecule has 1 aliphatic heterocycles. The van der Waals surface area contributed by atoms with E-state index in [2.05, 4.69) is 20.6 Å². The van der Waals surface area contributed by atoms with E-state index >= 15 is 0 Å². The van der Waals surface area contributed by atoms with Gasteiger partial charge in [-0.05, 0) is 43.2 Å². The average Bonchev–Trinajstić information content (AvgIpc) is 3.28. The maximum absolute atomic E-state index is 13.8. The van der Waals surface area contributed by atoms with Crippen LogP contribution in [0.3, 0.4) is 0 Å². The minimum Gasteiger partial charge on any atom is -0.492 e. The molecule has 1 aromatic heterocycles. The molecule has 0 atom stereocenters. The fourth-order valence-electron chi connectivity index (χ4n) is 5.35. The van der Waals surface area contributed by atoms with Gasteiger partial charge in [0, 0.05) is 43.6 Å². The summed E-state index contributed by atoms with van der Waals surface area (Å²) in [4.78, 5) is 16.1. The Kier molecular flexibility index (Phi) is 8.51.